The Labute approximate surface area is 131 Å². The Bertz CT molecular complexity index is 655. The largest absolute Gasteiger partial charge is 0.349 e. The van der Waals surface area contributed by atoms with Crippen LogP contribution in [0.15, 0.2) is 35.1 Å². The van der Waals surface area contributed by atoms with Crippen molar-refractivity contribution < 1.29 is 4.79 Å². The quantitative estimate of drug-likeness (QED) is 0.902. The molecule has 0 saturated heterocycles. The average Bonchev–Trinajstić information content (AvgIpc) is 3.16. The predicted molar refractivity (Wildman–Crippen MR) is 82.5 cm³/mol. The molecule has 1 heterocycles. The van der Waals surface area contributed by atoms with Gasteiger partial charge in [-0.2, -0.15) is 0 Å². The van der Waals surface area contributed by atoms with E-state index in [1.54, 1.807) is 6.33 Å². The van der Waals surface area contributed by atoms with Gasteiger partial charge in [0.25, 0.3) is 0 Å². The second kappa shape index (κ2) is 5.97. The summed E-state index contributed by atoms with van der Waals surface area (Å²) in [5.41, 5.74) is 1.22. The Morgan fingerprint density at radius 3 is 3.14 bits per heavy atom. The molecule has 1 N–H and O–H groups in total. The molecule has 0 spiro atoms. The van der Waals surface area contributed by atoms with E-state index in [0.29, 0.717) is 12.5 Å². The molecule has 0 unspecified atom stereocenters. The van der Waals surface area contributed by atoms with Gasteiger partial charge in [0, 0.05) is 16.9 Å². The third-order valence-corrected chi connectivity index (χ3v) is 4.35. The molecule has 5 nitrogen and oxygen atoms in total. The second-order valence-corrected chi connectivity index (χ2v) is 6.17. The normalized spacial score (nSPS) is 20.3. The molecule has 1 aromatic heterocycles. The molecule has 1 amide bonds. The van der Waals surface area contributed by atoms with Gasteiger partial charge >= 0.3 is 0 Å². The van der Waals surface area contributed by atoms with Gasteiger partial charge in [-0.05, 0) is 37.0 Å². The van der Waals surface area contributed by atoms with Gasteiger partial charge in [-0.15, -0.1) is 10.2 Å². The lowest BCUT2D eigenvalue weighted by atomic mass is 10.1. The van der Waals surface area contributed by atoms with Crippen LogP contribution in [0.5, 0.6) is 0 Å². The molecule has 2 aromatic rings. The third-order valence-electron chi connectivity index (χ3n) is 3.86. The van der Waals surface area contributed by atoms with Gasteiger partial charge in [0.05, 0.1) is 6.54 Å². The molecule has 2 atom stereocenters. The Morgan fingerprint density at radius 1 is 1.52 bits per heavy atom. The molecule has 0 radical (unpaired) electrons. The van der Waals surface area contributed by atoms with Crippen molar-refractivity contribution in [1.29, 1.82) is 0 Å². The fourth-order valence-corrected chi connectivity index (χ4v) is 2.98. The van der Waals surface area contributed by atoms with E-state index in [2.05, 4.69) is 43.6 Å². The van der Waals surface area contributed by atoms with Crippen LogP contribution >= 0.6 is 15.9 Å². The summed E-state index contributed by atoms with van der Waals surface area (Å²) in [7, 11) is 0. The molecule has 0 aliphatic heterocycles. The van der Waals surface area contributed by atoms with Gasteiger partial charge in [-0.3, -0.25) is 4.79 Å². The van der Waals surface area contributed by atoms with Crippen molar-refractivity contribution in [2.45, 2.75) is 32.4 Å². The highest BCUT2D eigenvalue weighted by Gasteiger charge is 2.43. The zero-order valence-electron chi connectivity index (χ0n) is 11.8. The summed E-state index contributed by atoms with van der Waals surface area (Å²) < 4.78 is 2.99. The van der Waals surface area contributed by atoms with Crippen LogP contribution in [0.1, 0.15) is 30.7 Å². The molecule has 1 fully saturated rings. The summed E-state index contributed by atoms with van der Waals surface area (Å²) in [6.07, 6.45) is 2.60. The summed E-state index contributed by atoms with van der Waals surface area (Å²) in [6, 6.07) is 8.18. The van der Waals surface area contributed by atoms with Crippen molar-refractivity contribution >= 4 is 21.8 Å². The molecular weight excluding hydrogens is 332 g/mol. The SMILES string of the molecule is CCn1cnnc1CNC(=O)[C@@H]1C[C@@H]1c1cccc(Br)c1. The van der Waals surface area contributed by atoms with E-state index in [1.807, 2.05) is 23.6 Å². The standard InChI is InChI=1S/C15H17BrN4O/c1-2-20-9-18-19-14(20)8-17-15(21)13-7-12(13)10-4-3-5-11(16)6-10/h3-6,9,12-13H,2,7-8H2,1H3,(H,17,21)/t12-,13-/m1/s1. The third kappa shape index (κ3) is 3.15. The van der Waals surface area contributed by atoms with Gasteiger partial charge in [0.2, 0.25) is 5.91 Å². The summed E-state index contributed by atoms with van der Waals surface area (Å²) in [5, 5.41) is 10.8. The average molecular weight is 349 g/mol. The van der Waals surface area contributed by atoms with Crippen molar-refractivity contribution in [3.8, 4) is 0 Å². The lowest BCUT2D eigenvalue weighted by Crippen LogP contribution is -2.26. The first-order valence-electron chi connectivity index (χ1n) is 7.09. The number of aryl methyl sites for hydroxylation is 1. The first-order valence-corrected chi connectivity index (χ1v) is 7.88. The van der Waals surface area contributed by atoms with E-state index in [0.717, 1.165) is 23.3 Å². The van der Waals surface area contributed by atoms with Crippen molar-refractivity contribution in [2.75, 3.05) is 0 Å². The molecule has 21 heavy (non-hydrogen) atoms. The van der Waals surface area contributed by atoms with Crippen molar-refractivity contribution in [1.82, 2.24) is 20.1 Å². The highest BCUT2D eigenvalue weighted by Crippen LogP contribution is 2.47. The molecular formula is C15H17BrN4O. The van der Waals surface area contributed by atoms with Crippen LogP contribution in [0, 0.1) is 5.92 Å². The maximum atomic E-state index is 12.2. The first kappa shape index (κ1) is 14.3. The lowest BCUT2D eigenvalue weighted by Gasteiger charge is -2.06. The zero-order chi connectivity index (χ0) is 14.8. The molecule has 1 saturated carbocycles. The summed E-state index contributed by atoms with van der Waals surface area (Å²) in [4.78, 5) is 12.2. The monoisotopic (exact) mass is 348 g/mol. The van der Waals surface area contributed by atoms with E-state index < -0.39 is 0 Å². The minimum absolute atomic E-state index is 0.0808. The maximum Gasteiger partial charge on any atom is 0.224 e. The smallest absolute Gasteiger partial charge is 0.224 e. The van der Waals surface area contributed by atoms with Gasteiger partial charge in [0.15, 0.2) is 5.82 Å². The Hall–Kier alpha value is -1.69. The molecule has 110 valence electrons. The van der Waals surface area contributed by atoms with Crippen LogP contribution in [0.4, 0.5) is 0 Å². The molecule has 3 rings (SSSR count). The number of hydrogen-bond acceptors (Lipinski definition) is 3. The number of aromatic nitrogens is 3. The molecule has 1 aliphatic carbocycles. The van der Waals surface area contributed by atoms with Crippen LogP contribution < -0.4 is 5.32 Å². The Morgan fingerprint density at radius 2 is 2.38 bits per heavy atom. The maximum absolute atomic E-state index is 12.2. The number of halogens is 1. The van der Waals surface area contributed by atoms with Gasteiger partial charge < -0.3 is 9.88 Å². The number of amides is 1. The fraction of sp³-hybridized carbons (Fsp3) is 0.400. The number of rotatable bonds is 5. The van der Waals surface area contributed by atoms with Crippen LogP contribution in [-0.4, -0.2) is 20.7 Å². The minimum Gasteiger partial charge on any atom is -0.349 e. The van der Waals surface area contributed by atoms with Crippen molar-refractivity contribution in [3.05, 3.63) is 46.5 Å². The molecule has 0 bridgehead atoms. The highest BCUT2D eigenvalue weighted by atomic mass is 79.9. The number of hydrogen-bond donors (Lipinski definition) is 1. The van der Waals surface area contributed by atoms with E-state index in [9.17, 15) is 4.79 Å². The minimum atomic E-state index is 0.0808. The summed E-state index contributed by atoms with van der Waals surface area (Å²) in [5.74, 6) is 1.32. The summed E-state index contributed by atoms with van der Waals surface area (Å²) in [6.45, 7) is 3.27. The zero-order valence-corrected chi connectivity index (χ0v) is 13.4. The van der Waals surface area contributed by atoms with Crippen LogP contribution in [0.25, 0.3) is 0 Å². The van der Waals surface area contributed by atoms with Crippen molar-refractivity contribution in [3.63, 3.8) is 0 Å². The first-order chi connectivity index (χ1) is 10.2. The van der Waals surface area contributed by atoms with Gasteiger partial charge in [-0.25, -0.2) is 0 Å². The Balaban J connectivity index is 1.56. The van der Waals surface area contributed by atoms with Crippen LogP contribution in [0.2, 0.25) is 0 Å². The second-order valence-electron chi connectivity index (χ2n) is 5.25. The van der Waals surface area contributed by atoms with Gasteiger partial charge in [-0.1, -0.05) is 28.1 Å². The highest BCUT2D eigenvalue weighted by molar-refractivity contribution is 9.10. The fourth-order valence-electron chi connectivity index (χ4n) is 2.57. The van der Waals surface area contributed by atoms with E-state index >= 15 is 0 Å². The summed E-state index contributed by atoms with van der Waals surface area (Å²) >= 11 is 3.47. The van der Waals surface area contributed by atoms with Crippen molar-refractivity contribution in [2.24, 2.45) is 5.92 Å². The molecule has 1 aliphatic rings. The molecule has 1 aromatic carbocycles. The topological polar surface area (TPSA) is 59.8 Å². The number of carbonyl (C=O) groups is 1. The van der Waals surface area contributed by atoms with Gasteiger partial charge in [0.1, 0.15) is 6.33 Å². The van der Waals surface area contributed by atoms with E-state index in [1.165, 1.54) is 5.56 Å². The van der Waals surface area contributed by atoms with Crippen LogP contribution in [0.3, 0.4) is 0 Å². The number of benzene rings is 1. The number of nitrogens with one attached hydrogen (secondary N) is 1. The lowest BCUT2D eigenvalue weighted by molar-refractivity contribution is -0.122. The molecule has 6 heteroatoms. The number of nitrogens with zero attached hydrogens (tertiary/aromatic N) is 3. The van der Waals surface area contributed by atoms with E-state index in [-0.39, 0.29) is 11.8 Å². The predicted octanol–water partition coefficient (Wildman–Crippen LogP) is 2.48. The van der Waals surface area contributed by atoms with E-state index in [4.69, 9.17) is 0 Å². The Kier molecular flexibility index (Phi) is 4.05. The number of carbonyl (C=O) groups excluding carboxylic acids is 1. The van der Waals surface area contributed by atoms with Crippen LogP contribution in [-0.2, 0) is 17.9 Å².